The van der Waals surface area contributed by atoms with Crippen LogP contribution < -0.4 is 4.74 Å². The Morgan fingerprint density at radius 2 is 2.23 bits per heavy atom. The molecule has 70 valence electrons. The minimum atomic E-state index is -0.0405. The lowest BCUT2D eigenvalue weighted by Gasteiger charge is -2.10. The van der Waals surface area contributed by atoms with Crippen LogP contribution in [0.1, 0.15) is 6.92 Å². The predicted octanol–water partition coefficient (Wildman–Crippen LogP) is 1.40. The fourth-order valence-electron chi connectivity index (χ4n) is 0.755. The van der Waals surface area contributed by atoms with Crippen molar-refractivity contribution in [1.29, 1.82) is 0 Å². The van der Waals surface area contributed by atoms with Crippen LogP contribution in [0.3, 0.4) is 0 Å². The van der Waals surface area contributed by atoms with Crippen LogP contribution in [0, 0.1) is 0 Å². The third-order valence-corrected chi connectivity index (χ3v) is 1.32. The molecule has 0 spiro atoms. The van der Waals surface area contributed by atoms with Gasteiger partial charge in [0.15, 0.2) is 0 Å². The maximum atomic E-state index is 5.23. The molecule has 1 unspecified atom stereocenters. The largest absolute Gasteiger partial charge is 0.495 e. The molecule has 1 rings (SSSR count). The normalized spacial score (nSPS) is 11.8. The van der Waals surface area contributed by atoms with Gasteiger partial charge >= 0.3 is 6.01 Å². The molecule has 4 heteroatoms. The third-order valence-electron chi connectivity index (χ3n) is 1.32. The number of aromatic nitrogens is 2. The van der Waals surface area contributed by atoms with Gasteiger partial charge in [-0.15, -0.1) is 0 Å². The molecule has 0 aromatic carbocycles. The van der Waals surface area contributed by atoms with Crippen LogP contribution in [-0.2, 0) is 4.74 Å². The van der Waals surface area contributed by atoms with E-state index in [1.54, 1.807) is 18.5 Å². The van der Waals surface area contributed by atoms with Gasteiger partial charge in [0.1, 0.15) is 12.7 Å². The van der Waals surface area contributed by atoms with Gasteiger partial charge < -0.3 is 9.47 Å². The molecule has 0 bridgehead atoms. The molecule has 1 heterocycles. The average molecular weight is 180 g/mol. The Morgan fingerprint density at radius 3 is 2.85 bits per heavy atom. The van der Waals surface area contributed by atoms with E-state index in [0.29, 0.717) is 12.6 Å². The van der Waals surface area contributed by atoms with Crippen LogP contribution in [0.2, 0.25) is 0 Å². The van der Waals surface area contributed by atoms with Gasteiger partial charge in [-0.05, 0) is 13.0 Å². The fraction of sp³-hybridized carbons (Fsp3) is 0.333. The minimum Gasteiger partial charge on any atom is -0.495 e. The van der Waals surface area contributed by atoms with Crippen molar-refractivity contribution in [3.8, 4) is 6.01 Å². The molecule has 1 aromatic heterocycles. The summed E-state index contributed by atoms with van der Waals surface area (Å²) in [6.45, 7) is 5.74. The first-order chi connectivity index (χ1) is 6.33. The summed E-state index contributed by atoms with van der Waals surface area (Å²) in [6, 6.07) is 2.10. The van der Waals surface area contributed by atoms with E-state index in [4.69, 9.17) is 9.47 Å². The van der Waals surface area contributed by atoms with Gasteiger partial charge in [-0.3, -0.25) is 0 Å². The summed E-state index contributed by atoms with van der Waals surface area (Å²) < 4.78 is 10.3. The smallest absolute Gasteiger partial charge is 0.316 e. The monoisotopic (exact) mass is 180 g/mol. The summed E-state index contributed by atoms with van der Waals surface area (Å²) in [6.07, 6.45) is 4.60. The van der Waals surface area contributed by atoms with Crippen LogP contribution in [-0.4, -0.2) is 22.7 Å². The second kappa shape index (κ2) is 5.13. The molecule has 0 saturated carbocycles. The minimum absolute atomic E-state index is 0.0405. The fourth-order valence-corrected chi connectivity index (χ4v) is 0.755. The highest BCUT2D eigenvalue weighted by Crippen LogP contribution is 1.99. The maximum absolute atomic E-state index is 5.23. The molecule has 0 radical (unpaired) electrons. The second-order valence-corrected chi connectivity index (χ2v) is 2.46. The predicted molar refractivity (Wildman–Crippen MR) is 48.3 cm³/mol. The summed E-state index contributed by atoms with van der Waals surface area (Å²) in [7, 11) is 0. The molecule has 1 atom stereocenters. The number of rotatable bonds is 5. The van der Waals surface area contributed by atoms with Gasteiger partial charge in [0.25, 0.3) is 0 Å². The van der Waals surface area contributed by atoms with Crippen LogP contribution in [0.4, 0.5) is 0 Å². The highest BCUT2D eigenvalue weighted by molar-refractivity contribution is 4.93. The Labute approximate surface area is 77.2 Å². The average Bonchev–Trinajstić information content (AvgIpc) is 2.17. The Morgan fingerprint density at radius 1 is 1.54 bits per heavy atom. The molecule has 13 heavy (non-hydrogen) atoms. The van der Waals surface area contributed by atoms with Crippen LogP contribution in [0.15, 0.2) is 31.3 Å². The molecule has 0 amide bonds. The van der Waals surface area contributed by atoms with Crippen LogP contribution in [0.5, 0.6) is 6.01 Å². The Hall–Kier alpha value is -1.58. The third kappa shape index (κ3) is 3.55. The molecule has 0 saturated heterocycles. The molecule has 1 aromatic rings. The second-order valence-electron chi connectivity index (χ2n) is 2.46. The SMILES string of the molecule is C=COC(C)COc1ncccn1. The lowest BCUT2D eigenvalue weighted by atomic mass is 10.4. The lowest BCUT2D eigenvalue weighted by molar-refractivity contribution is 0.0983. The highest BCUT2D eigenvalue weighted by atomic mass is 16.5. The molecule has 0 aliphatic rings. The summed E-state index contributed by atoms with van der Waals surface area (Å²) in [5, 5.41) is 0. The van der Waals surface area contributed by atoms with Crippen molar-refractivity contribution in [2.45, 2.75) is 13.0 Å². The first-order valence-electron chi connectivity index (χ1n) is 3.99. The van der Waals surface area contributed by atoms with Gasteiger partial charge in [0, 0.05) is 12.4 Å². The Kier molecular flexibility index (Phi) is 3.75. The molecule has 4 nitrogen and oxygen atoms in total. The molecule has 0 fully saturated rings. The van der Waals surface area contributed by atoms with Crippen molar-refractivity contribution in [3.63, 3.8) is 0 Å². The van der Waals surface area contributed by atoms with E-state index in [-0.39, 0.29) is 6.10 Å². The van der Waals surface area contributed by atoms with Crippen molar-refractivity contribution in [2.75, 3.05) is 6.61 Å². The van der Waals surface area contributed by atoms with Gasteiger partial charge in [0.05, 0.1) is 6.26 Å². The zero-order valence-corrected chi connectivity index (χ0v) is 7.51. The molecule has 0 N–H and O–H groups in total. The summed E-state index contributed by atoms with van der Waals surface area (Å²) >= 11 is 0. The number of ether oxygens (including phenoxy) is 2. The molecule has 0 aliphatic carbocycles. The Balaban J connectivity index is 2.30. The van der Waals surface area contributed by atoms with E-state index in [2.05, 4.69) is 16.5 Å². The van der Waals surface area contributed by atoms with E-state index in [0.717, 1.165) is 0 Å². The summed E-state index contributed by atoms with van der Waals surface area (Å²) in [4.78, 5) is 7.79. The van der Waals surface area contributed by atoms with Gasteiger partial charge in [-0.2, -0.15) is 0 Å². The van der Waals surface area contributed by atoms with E-state index < -0.39 is 0 Å². The molecule has 0 aliphatic heterocycles. The van der Waals surface area contributed by atoms with Crippen molar-refractivity contribution >= 4 is 0 Å². The first kappa shape index (κ1) is 9.51. The van der Waals surface area contributed by atoms with Crippen molar-refractivity contribution in [2.24, 2.45) is 0 Å². The standard InChI is InChI=1S/C9H12N2O2/c1-3-12-8(2)7-13-9-10-5-4-6-11-9/h3-6,8H,1,7H2,2H3. The van der Waals surface area contributed by atoms with E-state index in [9.17, 15) is 0 Å². The van der Waals surface area contributed by atoms with Crippen molar-refractivity contribution < 1.29 is 9.47 Å². The topological polar surface area (TPSA) is 44.2 Å². The Bertz CT molecular complexity index is 251. The maximum Gasteiger partial charge on any atom is 0.316 e. The van der Waals surface area contributed by atoms with Crippen LogP contribution >= 0.6 is 0 Å². The lowest BCUT2D eigenvalue weighted by Crippen LogP contribution is -2.16. The quantitative estimate of drug-likeness (QED) is 0.642. The zero-order chi connectivity index (χ0) is 9.52. The molecular formula is C9H12N2O2. The van der Waals surface area contributed by atoms with E-state index in [1.165, 1.54) is 6.26 Å². The first-order valence-corrected chi connectivity index (χ1v) is 3.99. The number of hydrogen-bond acceptors (Lipinski definition) is 4. The van der Waals surface area contributed by atoms with Crippen molar-refractivity contribution in [1.82, 2.24) is 9.97 Å². The van der Waals surface area contributed by atoms with E-state index >= 15 is 0 Å². The number of nitrogens with zero attached hydrogens (tertiary/aromatic N) is 2. The zero-order valence-electron chi connectivity index (χ0n) is 7.51. The van der Waals surface area contributed by atoms with Gasteiger partial charge in [0.2, 0.25) is 0 Å². The summed E-state index contributed by atoms with van der Waals surface area (Å²) in [5.41, 5.74) is 0. The van der Waals surface area contributed by atoms with Gasteiger partial charge in [-0.25, -0.2) is 9.97 Å². The number of hydrogen-bond donors (Lipinski definition) is 0. The van der Waals surface area contributed by atoms with Gasteiger partial charge in [-0.1, -0.05) is 6.58 Å². The highest BCUT2D eigenvalue weighted by Gasteiger charge is 2.02. The molecular weight excluding hydrogens is 168 g/mol. The van der Waals surface area contributed by atoms with Crippen LogP contribution in [0.25, 0.3) is 0 Å². The van der Waals surface area contributed by atoms with Crippen molar-refractivity contribution in [3.05, 3.63) is 31.3 Å². The van der Waals surface area contributed by atoms with E-state index in [1.807, 2.05) is 6.92 Å². The summed E-state index contributed by atoms with van der Waals surface area (Å²) in [5.74, 6) is 0.